The highest BCUT2D eigenvalue weighted by Crippen LogP contribution is 2.37. The van der Waals surface area contributed by atoms with Crippen molar-refractivity contribution in [1.29, 1.82) is 0 Å². The van der Waals surface area contributed by atoms with Crippen LogP contribution in [0.5, 0.6) is 0 Å². The number of alkyl halides is 3. The summed E-state index contributed by atoms with van der Waals surface area (Å²) >= 11 is 0. The fraction of sp³-hybridized carbons (Fsp3) is 0.0500. The molecule has 0 amide bonds. The molecule has 26 heavy (non-hydrogen) atoms. The van der Waals surface area contributed by atoms with Crippen molar-refractivity contribution in [3.05, 3.63) is 78.5 Å². The first-order valence-corrected chi connectivity index (χ1v) is 7.88. The molecule has 0 aliphatic rings. The molecule has 3 nitrogen and oxygen atoms in total. The molecule has 0 atom stereocenters. The van der Waals surface area contributed by atoms with Crippen LogP contribution in [-0.4, -0.2) is 15.0 Å². The van der Waals surface area contributed by atoms with Gasteiger partial charge >= 0.3 is 6.18 Å². The number of hydrogen-bond donors (Lipinski definition) is 0. The highest BCUT2D eigenvalue weighted by atomic mass is 19.4. The summed E-state index contributed by atoms with van der Waals surface area (Å²) in [6.07, 6.45) is -2.86. The second kappa shape index (κ2) is 6.22. The lowest BCUT2D eigenvalue weighted by atomic mass is 10.0. The van der Waals surface area contributed by atoms with Crippen molar-refractivity contribution < 1.29 is 13.2 Å². The Bertz CT molecular complexity index is 1080. The van der Waals surface area contributed by atoms with Crippen LogP contribution in [0.15, 0.2) is 72.9 Å². The summed E-state index contributed by atoms with van der Waals surface area (Å²) in [5.41, 5.74) is 0.478. The van der Waals surface area contributed by atoms with Gasteiger partial charge in [-0.05, 0) is 18.2 Å². The summed E-state index contributed by atoms with van der Waals surface area (Å²) in [5, 5.41) is 0.853. The second-order valence-electron chi connectivity index (χ2n) is 5.71. The van der Waals surface area contributed by atoms with Crippen LogP contribution in [0.2, 0.25) is 0 Å². The largest absolute Gasteiger partial charge is 0.418 e. The third kappa shape index (κ3) is 3.01. The molecule has 2 heterocycles. The first kappa shape index (κ1) is 16.2. The van der Waals surface area contributed by atoms with E-state index in [0.29, 0.717) is 16.8 Å². The molecule has 0 saturated carbocycles. The summed E-state index contributed by atoms with van der Waals surface area (Å²) in [7, 11) is 0. The van der Waals surface area contributed by atoms with Gasteiger partial charge in [0.2, 0.25) is 0 Å². The number of para-hydroxylation sites is 1. The SMILES string of the molecule is FC(F)(F)c1ccc(-c2ncc3ccccc3n2)nc1-c1ccccc1. The van der Waals surface area contributed by atoms with Gasteiger partial charge in [0, 0.05) is 17.1 Å². The third-order valence-electron chi connectivity index (χ3n) is 3.97. The summed E-state index contributed by atoms with van der Waals surface area (Å²) in [5.74, 6) is 0.287. The molecule has 0 unspecified atom stereocenters. The van der Waals surface area contributed by atoms with E-state index in [9.17, 15) is 13.2 Å². The summed E-state index contributed by atoms with van der Waals surface area (Å²) in [4.78, 5) is 12.9. The number of pyridine rings is 1. The number of nitrogens with zero attached hydrogens (tertiary/aromatic N) is 3. The minimum Gasteiger partial charge on any atom is -0.244 e. The number of aromatic nitrogens is 3. The normalized spacial score (nSPS) is 11.7. The molecule has 0 spiro atoms. The highest BCUT2D eigenvalue weighted by molar-refractivity contribution is 5.79. The van der Waals surface area contributed by atoms with Crippen LogP contribution in [0, 0.1) is 0 Å². The Morgan fingerprint density at radius 3 is 2.23 bits per heavy atom. The van der Waals surface area contributed by atoms with Crippen LogP contribution in [0.4, 0.5) is 13.2 Å². The van der Waals surface area contributed by atoms with E-state index in [0.717, 1.165) is 11.5 Å². The van der Waals surface area contributed by atoms with E-state index in [-0.39, 0.29) is 11.5 Å². The Morgan fingerprint density at radius 1 is 0.731 bits per heavy atom. The van der Waals surface area contributed by atoms with E-state index in [1.165, 1.54) is 6.07 Å². The second-order valence-corrected chi connectivity index (χ2v) is 5.71. The average molecular weight is 351 g/mol. The Morgan fingerprint density at radius 2 is 1.46 bits per heavy atom. The van der Waals surface area contributed by atoms with Crippen molar-refractivity contribution in [2.45, 2.75) is 6.18 Å². The quantitative estimate of drug-likeness (QED) is 0.487. The first-order valence-electron chi connectivity index (χ1n) is 7.88. The molecule has 2 aromatic heterocycles. The van der Waals surface area contributed by atoms with Crippen LogP contribution in [0.25, 0.3) is 33.7 Å². The molecule has 0 N–H and O–H groups in total. The van der Waals surface area contributed by atoms with Crippen LogP contribution < -0.4 is 0 Å². The summed E-state index contributed by atoms with van der Waals surface area (Å²) in [6, 6.07) is 18.0. The van der Waals surface area contributed by atoms with Gasteiger partial charge in [-0.2, -0.15) is 13.2 Å². The van der Waals surface area contributed by atoms with Crippen LogP contribution in [0.3, 0.4) is 0 Å². The van der Waals surface area contributed by atoms with Gasteiger partial charge in [0.1, 0.15) is 5.69 Å². The van der Waals surface area contributed by atoms with Crippen molar-refractivity contribution in [2.24, 2.45) is 0 Å². The molecule has 0 aliphatic carbocycles. The third-order valence-corrected chi connectivity index (χ3v) is 3.97. The number of fused-ring (bicyclic) bond motifs is 1. The zero-order chi connectivity index (χ0) is 18.1. The Kier molecular flexibility index (Phi) is 3.88. The van der Waals surface area contributed by atoms with Gasteiger partial charge < -0.3 is 0 Å². The topological polar surface area (TPSA) is 38.7 Å². The standard InChI is InChI=1S/C20H12F3N3/c21-20(22,23)15-10-11-17(25-18(15)13-6-2-1-3-7-13)19-24-12-14-8-4-5-9-16(14)26-19/h1-12H. The van der Waals surface area contributed by atoms with E-state index in [1.54, 1.807) is 36.5 Å². The van der Waals surface area contributed by atoms with Crippen molar-refractivity contribution in [1.82, 2.24) is 15.0 Å². The molecule has 2 aromatic carbocycles. The average Bonchev–Trinajstić information content (AvgIpc) is 2.67. The molecule has 4 rings (SSSR count). The predicted molar refractivity (Wildman–Crippen MR) is 93.2 cm³/mol. The van der Waals surface area contributed by atoms with Crippen molar-refractivity contribution in [3.63, 3.8) is 0 Å². The monoisotopic (exact) mass is 351 g/mol. The Hall–Kier alpha value is -3.28. The van der Waals surface area contributed by atoms with Crippen molar-refractivity contribution in [2.75, 3.05) is 0 Å². The van der Waals surface area contributed by atoms with Gasteiger partial charge in [0.05, 0.1) is 16.8 Å². The smallest absolute Gasteiger partial charge is 0.244 e. The molecule has 0 saturated heterocycles. The minimum atomic E-state index is -4.50. The van der Waals surface area contributed by atoms with Gasteiger partial charge in [-0.15, -0.1) is 0 Å². The van der Waals surface area contributed by atoms with Crippen LogP contribution >= 0.6 is 0 Å². The number of halogens is 3. The Labute approximate surface area is 147 Å². The molecular weight excluding hydrogens is 339 g/mol. The predicted octanol–water partition coefficient (Wildman–Crippen LogP) is 5.38. The highest BCUT2D eigenvalue weighted by Gasteiger charge is 2.34. The minimum absolute atomic E-state index is 0.132. The summed E-state index contributed by atoms with van der Waals surface area (Å²) in [6.45, 7) is 0. The van der Waals surface area contributed by atoms with Crippen molar-refractivity contribution in [3.8, 4) is 22.8 Å². The zero-order valence-electron chi connectivity index (χ0n) is 13.4. The van der Waals surface area contributed by atoms with Crippen molar-refractivity contribution >= 4 is 10.9 Å². The van der Waals surface area contributed by atoms with E-state index in [1.807, 2.05) is 24.3 Å². The molecule has 128 valence electrons. The summed E-state index contributed by atoms with van der Waals surface area (Å²) < 4.78 is 40.2. The molecule has 0 aliphatic heterocycles. The van der Waals surface area contributed by atoms with E-state index >= 15 is 0 Å². The lowest BCUT2D eigenvalue weighted by Crippen LogP contribution is -2.09. The van der Waals surface area contributed by atoms with E-state index < -0.39 is 11.7 Å². The molecular formula is C20H12F3N3. The van der Waals surface area contributed by atoms with Gasteiger partial charge in [0.25, 0.3) is 0 Å². The number of rotatable bonds is 2. The molecule has 0 bridgehead atoms. The van der Waals surface area contributed by atoms with Crippen LogP contribution in [-0.2, 0) is 6.18 Å². The molecule has 0 radical (unpaired) electrons. The maximum Gasteiger partial charge on any atom is 0.418 e. The molecule has 6 heteroatoms. The maximum atomic E-state index is 13.4. The fourth-order valence-electron chi connectivity index (χ4n) is 2.72. The first-order chi connectivity index (χ1) is 12.5. The van der Waals surface area contributed by atoms with Gasteiger partial charge in [-0.3, -0.25) is 0 Å². The maximum absolute atomic E-state index is 13.4. The zero-order valence-corrected chi connectivity index (χ0v) is 13.4. The van der Waals surface area contributed by atoms with Crippen LogP contribution in [0.1, 0.15) is 5.56 Å². The van der Waals surface area contributed by atoms with Gasteiger partial charge in [-0.1, -0.05) is 48.5 Å². The van der Waals surface area contributed by atoms with E-state index in [4.69, 9.17) is 0 Å². The lowest BCUT2D eigenvalue weighted by Gasteiger charge is -2.13. The molecule has 0 fully saturated rings. The fourth-order valence-corrected chi connectivity index (χ4v) is 2.72. The molecule has 4 aromatic rings. The number of hydrogen-bond acceptors (Lipinski definition) is 3. The number of benzene rings is 2. The van der Waals surface area contributed by atoms with E-state index in [2.05, 4.69) is 15.0 Å². The lowest BCUT2D eigenvalue weighted by molar-refractivity contribution is -0.137. The van der Waals surface area contributed by atoms with Gasteiger partial charge in [0.15, 0.2) is 5.82 Å². The Balaban J connectivity index is 1.90. The van der Waals surface area contributed by atoms with Gasteiger partial charge in [-0.25, -0.2) is 15.0 Å².